The summed E-state index contributed by atoms with van der Waals surface area (Å²) in [6, 6.07) is 9.17. The maximum Gasteiger partial charge on any atom is 0.270 e. The Balaban J connectivity index is 2.02. The Morgan fingerprint density at radius 3 is 2.65 bits per heavy atom. The predicted molar refractivity (Wildman–Crippen MR) is 84.4 cm³/mol. The maximum atomic E-state index is 13.5. The van der Waals surface area contributed by atoms with Gasteiger partial charge in [-0.2, -0.15) is 0 Å². The Bertz CT molecular complexity index is 704. The van der Waals surface area contributed by atoms with Crippen LogP contribution in [0.15, 0.2) is 42.6 Å². The van der Waals surface area contributed by atoms with E-state index in [-0.39, 0.29) is 24.0 Å². The number of hydrogen-bond acceptors (Lipinski definition) is 3. The zero-order valence-corrected chi connectivity index (χ0v) is 12.8. The van der Waals surface area contributed by atoms with Crippen molar-refractivity contribution in [3.8, 4) is 0 Å². The highest BCUT2D eigenvalue weighted by molar-refractivity contribution is 5.98. The molecule has 0 aliphatic heterocycles. The number of hydrogen-bond donors (Lipinski definition) is 2. The second-order valence-electron chi connectivity index (χ2n) is 4.96. The van der Waals surface area contributed by atoms with Crippen molar-refractivity contribution in [3.63, 3.8) is 0 Å². The summed E-state index contributed by atoms with van der Waals surface area (Å²) in [5.41, 5.74) is 0.868. The Morgan fingerprint density at radius 2 is 1.91 bits per heavy atom. The van der Waals surface area contributed by atoms with Crippen molar-refractivity contribution in [2.75, 3.05) is 6.54 Å². The SMILES string of the molecule is CCCNC(=O)c1ccnc(C(=O)NCc2ccccc2F)c1. The van der Waals surface area contributed by atoms with E-state index in [9.17, 15) is 14.0 Å². The van der Waals surface area contributed by atoms with E-state index < -0.39 is 5.91 Å². The summed E-state index contributed by atoms with van der Waals surface area (Å²) in [7, 11) is 0. The minimum absolute atomic E-state index is 0.0550. The van der Waals surface area contributed by atoms with Gasteiger partial charge in [0, 0.05) is 30.4 Å². The van der Waals surface area contributed by atoms with Crippen LogP contribution in [0.3, 0.4) is 0 Å². The summed E-state index contributed by atoms with van der Waals surface area (Å²) < 4.78 is 13.5. The first-order valence-corrected chi connectivity index (χ1v) is 7.37. The molecule has 0 saturated heterocycles. The van der Waals surface area contributed by atoms with E-state index in [0.29, 0.717) is 17.7 Å². The van der Waals surface area contributed by atoms with E-state index in [1.165, 1.54) is 18.3 Å². The zero-order valence-electron chi connectivity index (χ0n) is 12.8. The average molecular weight is 315 g/mol. The summed E-state index contributed by atoms with van der Waals surface area (Å²) in [6.07, 6.45) is 2.23. The summed E-state index contributed by atoms with van der Waals surface area (Å²) >= 11 is 0. The second kappa shape index (κ2) is 8.03. The second-order valence-corrected chi connectivity index (χ2v) is 4.96. The Morgan fingerprint density at radius 1 is 1.13 bits per heavy atom. The van der Waals surface area contributed by atoms with Gasteiger partial charge in [-0.15, -0.1) is 0 Å². The molecule has 0 fully saturated rings. The molecule has 2 N–H and O–H groups in total. The minimum atomic E-state index is -0.460. The van der Waals surface area contributed by atoms with Crippen LogP contribution in [-0.2, 0) is 6.54 Å². The minimum Gasteiger partial charge on any atom is -0.352 e. The first-order chi connectivity index (χ1) is 11.1. The molecular formula is C17H18FN3O2. The predicted octanol–water partition coefficient (Wildman–Crippen LogP) is 2.29. The van der Waals surface area contributed by atoms with E-state index in [1.807, 2.05) is 6.92 Å². The van der Waals surface area contributed by atoms with Gasteiger partial charge in [-0.3, -0.25) is 14.6 Å². The highest BCUT2D eigenvalue weighted by Crippen LogP contribution is 2.07. The molecule has 23 heavy (non-hydrogen) atoms. The van der Waals surface area contributed by atoms with Gasteiger partial charge in [0.2, 0.25) is 0 Å². The van der Waals surface area contributed by atoms with E-state index >= 15 is 0 Å². The number of benzene rings is 1. The molecule has 1 aromatic heterocycles. The van der Waals surface area contributed by atoms with Gasteiger partial charge in [0.1, 0.15) is 11.5 Å². The van der Waals surface area contributed by atoms with Crippen molar-refractivity contribution in [3.05, 3.63) is 65.2 Å². The molecular weight excluding hydrogens is 297 g/mol. The van der Waals surface area contributed by atoms with Crippen LogP contribution in [0.4, 0.5) is 4.39 Å². The van der Waals surface area contributed by atoms with Gasteiger partial charge in [-0.25, -0.2) is 4.39 Å². The molecule has 120 valence electrons. The Kier molecular flexibility index (Phi) is 5.80. The third kappa shape index (κ3) is 4.60. The largest absolute Gasteiger partial charge is 0.352 e. The fraction of sp³-hybridized carbons (Fsp3) is 0.235. The molecule has 0 unspecified atom stereocenters. The van der Waals surface area contributed by atoms with Crippen LogP contribution in [0.2, 0.25) is 0 Å². The number of nitrogens with zero attached hydrogens (tertiary/aromatic N) is 1. The average Bonchev–Trinajstić information content (AvgIpc) is 2.58. The zero-order chi connectivity index (χ0) is 16.7. The van der Waals surface area contributed by atoms with E-state index in [1.54, 1.807) is 24.3 Å². The lowest BCUT2D eigenvalue weighted by Crippen LogP contribution is -2.26. The van der Waals surface area contributed by atoms with Gasteiger partial charge in [0.05, 0.1) is 0 Å². The maximum absolute atomic E-state index is 13.5. The van der Waals surface area contributed by atoms with Crippen LogP contribution in [0.5, 0.6) is 0 Å². The van der Waals surface area contributed by atoms with Crippen molar-refractivity contribution in [2.24, 2.45) is 0 Å². The quantitative estimate of drug-likeness (QED) is 0.859. The summed E-state index contributed by atoms with van der Waals surface area (Å²) in [4.78, 5) is 27.9. The van der Waals surface area contributed by atoms with Crippen molar-refractivity contribution < 1.29 is 14.0 Å². The third-order valence-electron chi connectivity index (χ3n) is 3.19. The Hall–Kier alpha value is -2.76. The lowest BCUT2D eigenvalue weighted by atomic mass is 10.2. The number of carbonyl (C=O) groups excluding carboxylic acids is 2. The fourth-order valence-corrected chi connectivity index (χ4v) is 1.94. The molecule has 0 spiro atoms. The lowest BCUT2D eigenvalue weighted by Gasteiger charge is -2.07. The van der Waals surface area contributed by atoms with Gasteiger partial charge >= 0.3 is 0 Å². The number of pyridine rings is 1. The first kappa shape index (κ1) is 16.6. The van der Waals surface area contributed by atoms with Crippen LogP contribution in [0.25, 0.3) is 0 Å². The van der Waals surface area contributed by atoms with Gasteiger partial charge in [0.15, 0.2) is 0 Å². The summed E-state index contributed by atoms with van der Waals surface area (Å²) in [5, 5.41) is 5.32. The fourth-order valence-electron chi connectivity index (χ4n) is 1.94. The number of aromatic nitrogens is 1. The molecule has 0 saturated carbocycles. The van der Waals surface area contributed by atoms with Crippen molar-refractivity contribution in [1.82, 2.24) is 15.6 Å². The molecule has 6 heteroatoms. The molecule has 0 aliphatic carbocycles. The van der Waals surface area contributed by atoms with Crippen LogP contribution in [0.1, 0.15) is 39.8 Å². The highest BCUT2D eigenvalue weighted by Gasteiger charge is 2.12. The van der Waals surface area contributed by atoms with E-state index in [4.69, 9.17) is 0 Å². The molecule has 2 aromatic rings. The topological polar surface area (TPSA) is 71.1 Å². The summed E-state index contributed by atoms with van der Waals surface area (Å²) in [5.74, 6) is -1.09. The van der Waals surface area contributed by atoms with Gasteiger partial charge in [-0.05, 0) is 24.6 Å². The Labute approximate surface area is 133 Å². The van der Waals surface area contributed by atoms with Crippen LogP contribution >= 0.6 is 0 Å². The number of nitrogens with one attached hydrogen (secondary N) is 2. The number of amides is 2. The number of halogens is 1. The molecule has 2 rings (SSSR count). The highest BCUT2D eigenvalue weighted by atomic mass is 19.1. The molecule has 5 nitrogen and oxygen atoms in total. The van der Waals surface area contributed by atoms with Crippen molar-refractivity contribution in [1.29, 1.82) is 0 Å². The molecule has 0 aliphatic rings. The van der Waals surface area contributed by atoms with Gasteiger partial charge < -0.3 is 10.6 Å². The van der Waals surface area contributed by atoms with E-state index in [0.717, 1.165) is 6.42 Å². The van der Waals surface area contributed by atoms with Gasteiger partial charge in [0.25, 0.3) is 11.8 Å². The normalized spacial score (nSPS) is 10.2. The van der Waals surface area contributed by atoms with Crippen LogP contribution in [-0.4, -0.2) is 23.3 Å². The monoisotopic (exact) mass is 315 g/mol. The van der Waals surface area contributed by atoms with Gasteiger partial charge in [-0.1, -0.05) is 25.1 Å². The molecule has 0 radical (unpaired) electrons. The smallest absolute Gasteiger partial charge is 0.270 e. The first-order valence-electron chi connectivity index (χ1n) is 7.37. The van der Waals surface area contributed by atoms with Crippen LogP contribution in [0, 0.1) is 5.82 Å². The summed E-state index contributed by atoms with van der Waals surface area (Å²) in [6.45, 7) is 2.57. The molecule has 1 heterocycles. The van der Waals surface area contributed by atoms with E-state index in [2.05, 4.69) is 15.6 Å². The number of carbonyl (C=O) groups is 2. The molecule has 2 amide bonds. The van der Waals surface area contributed by atoms with Crippen molar-refractivity contribution >= 4 is 11.8 Å². The molecule has 1 aromatic carbocycles. The number of rotatable bonds is 6. The standard InChI is InChI=1S/C17H18FN3O2/c1-2-8-20-16(22)12-7-9-19-15(10-12)17(23)21-11-13-5-3-4-6-14(13)18/h3-7,9-10H,2,8,11H2,1H3,(H,20,22)(H,21,23). The third-order valence-corrected chi connectivity index (χ3v) is 3.19. The van der Waals surface area contributed by atoms with Crippen LogP contribution < -0.4 is 10.6 Å². The lowest BCUT2D eigenvalue weighted by molar-refractivity contribution is 0.0945. The van der Waals surface area contributed by atoms with Crippen molar-refractivity contribution in [2.45, 2.75) is 19.9 Å². The molecule has 0 bridgehead atoms. The molecule has 0 atom stereocenters.